The van der Waals surface area contributed by atoms with Gasteiger partial charge >= 0.3 is 5.97 Å². The number of fused-ring (bicyclic) bond motifs is 2. The molecule has 60 heavy (non-hydrogen) atoms. The molecule has 308 valence electrons. The molecule has 8 heterocycles. The quantitative estimate of drug-likeness (QED) is 0.171. The fraction of sp³-hybridized carbons (Fsp3) is 0.300. The fourth-order valence-electron chi connectivity index (χ4n) is 6.27. The van der Waals surface area contributed by atoms with Crippen LogP contribution in [0.2, 0.25) is 0 Å². The number of H-pyrrole nitrogens is 2. The molecule has 8 rings (SSSR count). The largest absolute Gasteiger partial charge is 0.481 e. The number of nitrogens with one attached hydrogen (secondary N) is 3. The lowest BCUT2D eigenvalue weighted by Crippen LogP contribution is -2.49. The van der Waals surface area contributed by atoms with Crippen molar-refractivity contribution in [2.75, 3.05) is 62.2 Å². The number of carboxylic acids is 1. The Morgan fingerprint density at radius 2 is 1.15 bits per heavy atom. The van der Waals surface area contributed by atoms with Gasteiger partial charge < -0.3 is 35.1 Å². The fourth-order valence-corrected chi connectivity index (χ4v) is 6.27. The summed E-state index contributed by atoms with van der Waals surface area (Å²) in [6.45, 7) is 6.55. The minimum atomic E-state index is -0.919. The molecular weight excluding hydrogens is 792 g/mol. The number of halogens is 1. The summed E-state index contributed by atoms with van der Waals surface area (Å²) in [6.07, 6.45) is 10.0. The predicted octanol–water partition coefficient (Wildman–Crippen LogP) is 1.99. The van der Waals surface area contributed by atoms with Crippen LogP contribution in [-0.4, -0.2) is 114 Å². The highest BCUT2D eigenvalue weighted by Gasteiger charge is 2.22. The number of aliphatic carboxylic acids is 1. The normalized spacial score (nSPS) is 13.4. The Morgan fingerprint density at radius 3 is 1.60 bits per heavy atom. The van der Waals surface area contributed by atoms with E-state index >= 15 is 0 Å². The summed E-state index contributed by atoms with van der Waals surface area (Å²) >= 11 is 0. The highest BCUT2D eigenvalue weighted by molar-refractivity contribution is 5.85. The molecule has 4 N–H and O–H groups in total. The van der Waals surface area contributed by atoms with E-state index in [0.29, 0.717) is 77.2 Å². The maximum Gasteiger partial charge on any atom is 0.303 e. The van der Waals surface area contributed by atoms with E-state index in [4.69, 9.17) is 15.6 Å². The lowest BCUT2D eigenvalue weighted by atomic mass is 10.2. The molecule has 0 radical (unpaired) electrons. The van der Waals surface area contributed by atoms with Gasteiger partial charge in [0.25, 0.3) is 11.1 Å². The Hall–Kier alpha value is -7.35. The van der Waals surface area contributed by atoms with E-state index in [1.165, 1.54) is 18.6 Å². The third-order valence-electron chi connectivity index (χ3n) is 9.41. The van der Waals surface area contributed by atoms with E-state index in [-0.39, 0.29) is 48.7 Å². The first-order valence-corrected chi connectivity index (χ1v) is 18.8. The van der Waals surface area contributed by atoms with Crippen LogP contribution in [0.25, 0.3) is 21.8 Å². The van der Waals surface area contributed by atoms with Gasteiger partial charge in [-0.15, -0.1) is 12.4 Å². The number of piperazine rings is 2. The molecule has 2 saturated heterocycles. The van der Waals surface area contributed by atoms with Crippen molar-refractivity contribution < 1.29 is 14.7 Å². The molecule has 2 aliphatic heterocycles. The number of hydrogen-bond acceptors (Lipinski definition) is 15. The third-order valence-corrected chi connectivity index (χ3v) is 9.41. The number of aryl methyl sites for hydroxylation is 2. The van der Waals surface area contributed by atoms with Gasteiger partial charge in [0.15, 0.2) is 0 Å². The van der Waals surface area contributed by atoms with E-state index in [1.54, 1.807) is 36.8 Å². The van der Waals surface area contributed by atoms with Crippen molar-refractivity contribution in [3.8, 4) is 12.1 Å². The molecule has 0 unspecified atom stereocenters. The minimum Gasteiger partial charge on any atom is -0.481 e. The van der Waals surface area contributed by atoms with Crippen molar-refractivity contribution in [2.24, 2.45) is 0 Å². The molecule has 0 aliphatic carbocycles. The maximum absolute atomic E-state index is 12.6. The number of nitriles is 2. The second-order valence-corrected chi connectivity index (χ2v) is 13.3. The molecule has 1 amide bonds. The second-order valence-electron chi connectivity index (χ2n) is 13.3. The van der Waals surface area contributed by atoms with Crippen molar-refractivity contribution in [3.05, 3.63) is 117 Å². The molecule has 0 spiro atoms. The molecule has 19 nitrogen and oxygen atoms in total. The summed E-state index contributed by atoms with van der Waals surface area (Å²) in [5.74, 6) is 1.77. The monoisotopic (exact) mass is 832 g/mol. The van der Waals surface area contributed by atoms with Gasteiger partial charge in [-0.2, -0.15) is 10.5 Å². The number of aromatic nitrogens is 8. The second kappa shape index (κ2) is 21.4. The first kappa shape index (κ1) is 43.8. The number of amides is 1. The van der Waals surface area contributed by atoms with Gasteiger partial charge in [0.1, 0.15) is 35.4 Å². The van der Waals surface area contributed by atoms with Gasteiger partial charge in [0.2, 0.25) is 5.91 Å². The lowest BCUT2D eigenvalue weighted by molar-refractivity contribution is -0.137. The number of hydrogen-bond donors (Lipinski definition) is 4. The first-order valence-electron chi connectivity index (χ1n) is 18.8. The van der Waals surface area contributed by atoms with Crippen molar-refractivity contribution in [3.63, 3.8) is 0 Å². The summed E-state index contributed by atoms with van der Waals surface area (Å²) in [6, 6.07) is 14.7. The van der Waals surface area contributed by atoms with Gasteiger partial charge in [-0.05, 0) is 36.4 Å². The zero-order valence-electron chi connectivity index (χ0n) is 32.3. The number of carbonyl (C=O) groups excluding carboxylic acids is 1. The van der Waals surface area contributed by atoms with Crippen LogP contribution in [-0.2, 0) is 22.4 Å². The number of anilines is 2. The highest BCUT2D eigenvalue weighted by atomic mass is 35.5. The molecule has 0 saturated carbocycles. The molecule has 0 aromatic carbocycles. The van der Waals surface area contributed by atoms with Crippen molar-refractivity contribution >= 4 is 57.7 Å². The van der Waals surface area contributed by atoms with Crippen LogP contribution >= 0.6 is 12.4 Å². The zero-order chi connectivity index (χ0) is 41.6. The topological polar surface area (TPSA) is 267 Å². The van der Waals surface area contributed by atoms with Gasteiger partial charge in [-0.3, -0.25) is 29.1 Å². The SMILES string of the molecule is Cl.N#Cc1ccc(N2CCN(C(=O)CCc3nc4ccncc4c(=O)[nH]3)CC2)nc1.N#Cc1ccc(N2CCNCC2)nc1.O=C(O)CCc1nc2ccncc2c(=O)[nH]1. The van der Waals surface area contributed by atoms with Crippen molar-refractivity contribution in [1.82, 2.24) is 50.1 Å². The number of rotatable bonds is 8. The molecule has 6 aromatic rings. The van der Waals surface area contributed by atoms with E-state index < -0.39 is 5.97 Å². The maximum atomic E-state index is 12.6. The molecule has 20 heteroatoms. The standard InChI is InChI=1S/C20H19N7O2.C10H12N4.C10H9N3O3.ClH/c21-11-14-1-3-18(23-12-14)26-7-9-27(10-8-26)19(28)4-2-17-24-16-5-6-22-13-15(16)20(29)25-17;11-7-9-1-2-10(13-8-9)14-5-3-12-4-6-14;14-9(15)2-1-8-12-7-3-4-11-5-6(7)10(16)13-8;/h1,3,5-6,12-13H,2,4,7-10H2,(H,24,25,29);1-2,8,12H,3-6H2;3-5H,1-2H2,(H,14,15)(H,12,13,16);1H. The Morgan fingerprint density at radius 1 is 0.667 bits per heavy atom. The number of carbonyl (C=O) groups is 2. The van der Waals surface area contributed by atoms with Crippen LogP contribution in [0.3, 0.4) is 0 Å². The average molecular weight is 833 g/mol. The van der Waals surface area contributed by atoms with Gasteiger partial charge in [-0.1, -0.05) is 0 Å². The Kier molecular flexibility index (Phi) is 15.6. The van der Waals surface area contributed by atoms with E-state index in [1.807, 2.05) is 23.1 Å². The number of nitrogens with zero attached hydrogens (tertiary/aromatic N) is 11. The first-order chi connectivity index (χ1) is 28.7. The van der Waals surface area contributed by atoms with E-state index in [0.717, 1.165) is 37.8 Å². The Balaban J connectivity index is 0.000000186. The van der Waals surface area contributed by atoms with Gasteiger partial charge in [0, 0.05) is 109 Å². The van der Waals surface area contributed by atoms with Gasteiger partial charge in [0.05, 0.1) is 39.4 Å². The van der Waals surface area contributed by atoms with Crippen LogP contribution in [0.5, 0.6) is 0 Å². The van der Waals surface area contributed by atoms with Gasteiger partial charge in [-0.25, -0.2) is 19.9 Å². The number of carboxylic acid groups (broad SMARTS) is 1. The summed E-state index contributed by atoms with van der Waals surface area (Å²) in [5, 5.41) is 30.1. The van der Waals surface area contributed by atoms with Crippen LogP contribution in [0.1, 0.15) is 35.6 Å². The average Bonchev–Trinajstić information content (AvgIpc) is 3.28. The summed E-state index contributed by atoms with van der Waals surface area (Å²) in [7, 11) is 0. The van der Waals surface area contributed by atoms with Crippen molar-refractivity contribution in [1.29, 1.82) is 10.5 Å². The number of aromatic amines is 2. The number of pyridine rings is 4. The van der Waals surface area contributed by atoms with Crippen LogP contribution < -0.4 is 26.2 Å². The van der Waals surface area contributed by atoms with Crippen LogP contribution in [0, 0.1) is 22.7 Å². The van der Waals surface area contributed by atoms with Crippen LogP contribution in [0.15, 0.2) is 83.2 Å². The van der Waals surface area contributed by atoms with Crippen molar-refractivity contribution in [2.45, 2.75) is 25.7 Å². The molecule has 6 aromatic heterocycles. The predicted molar refractivity (Wildman–Crippen MR) is 224 cm³/mol. The molecule has 2 fully saturated rings. The molecule has 0 bridgehead atoms. The zero-order valence-corrected chi connectivity index (χ0v) is 33.1. The summed E-state index contributed by atoms with van der Waals surface area (Å²) in [5.41, 5.74) is 1.71. The molecule has 2 aliphatic rings. The minimum absolute atomic E-state index is 0. The smallest absolute Gasteiger partial charge is 0.303 e. The Bertz CT molecular complexity index is 2590. The molecule has 0 atom stereocenters. The van der Waals surface area contributed by atoms with Crippen LogP contribution in [0.4, 0.5) is 11.6 Å². The summed E-state index contributed by atoms with van der Waals surface area (Å²) < 4.78 is 0. The lowest BCUT2D eigenvalue weighted by Gasteiger charge is -2.35. The van der Waals surface area contributed by atoms with E-state index in [2.05, 4.69) is 67.1 Å². The Labute approximate surface area is 349 Å². The van der Waals surface area contributed by atoms with E-state index in [9.17, 15) is 19.2 Å². The third kappa shape index (κ3) is 11.8. The highest BCUT2D eigenvalue weighted by Crippen LogP contribution is 2.15. The molecular formula is C40H41ClN14O5. The summed E-state index contributed by atoms with van der Waals surface area (Å²) in [4.78, 5) is 82.9.